The molecule has 1 aromatic carbocycles. The van der Waals surface area contributed by atoms with Crippen LogP contribution in [0, 0.1) is 6.92 Å². The summed E-state index contributed by atoms with van der Waals surface area (Å²) in [6.07, 6.45) is 1.81. The van der Waals surface area contributed by atoms with E-state index in [-0.39, 0.29) is 0 Å². The van der Waals surface area contributed by atoms with E-state index in [4.69, 9.17) is 9.47 Å². The number of imidazole rings is 1. The molecule has 0 bridgehead atoms. The maximum atomic E-state index is 5.32. The van der Waals surface area contributed by atoms with Gasteiger partial charge in [-0.3, -0.25) is 0 Å². The van der Waals surface area contributed by atoms with E-state index >= 15 is 0 Å². The van der Waals surface area contributed by atoms with E-state index in [9.17, 15) is 0 Å². The zero-order valence-corrected chi connectivity index (χ0v) is 11.6. The number of rotatable bonds is 3. The third-order valence-electron chi connectivity index (χ3n) is 3.21. The van der Waals surface area contributed by atoms with E-state index < -0.39 is 0 Å². The largest absolute Gasteiger partial charge is 0.493 e. The maximum absolute atomic E-state index is 5.32. The molecule has 0 aliphatic carbocycles. The number of fused-ring (bicyclic) bond motifs is 1. The summed E-state index contributed by atoms with van der Waals surface area (Å²) in [4.78, 5) is 4.27. The van der Waals surface area contributed by atoms with Gasteiger partial charge in [-0.25, -0.2) is 9.50 Å². The smallest absolute Gasteiger partial charge is 0.161 e. The molecule has 0 aliphatic heterocycles. The minimum atomic E-state index is 0.689. The summed E-state index contributed by atoms with van der Waals surface area (Å²) in [6.45, 7) is 1.98. The normalized spacial score (nSPS) is 10.8. The van der Waals surface area contributed by atoms with Crippen molar-refractivity contribution < 1.29 is 9.47 Å². The highest BCUT2D eigenvalue weighted by Gasteiger charge is 2.08. The molecule has 20 heavy (non-hydrogen) atoms. The second-order valence-electron chi connectivity index (χ2n) is 4.46. The molecule has 0 saturated heterocycles. The first kappa shape index (κ1) is 12.5. The number of aromatic nitrogens is 3. The van der Waals surface area contributed by atoms with Crippen molar-refractivity contribution in [3.05, 3.63) is 42.2 Å². The van der Waals surface area contributed by atoms with Gasteiger partial charge in [0.15, 0.2) is 17.1 Å². The number of hydrogen-bond acceptors (Lipinski definition) is 4. The van der Waals surface area contributed by atoms with Crippen molar-refractivity contribution in [2.24, 2.45) is 0 Å². The lowest BCUT2D eigenvalue weighted by molar-refractivity contribution is 0.355. The van der Waals surface area contributed by atoms with E-state index in [1.807, 2.05) is 41.8 Å². The van der Waals surface area contributed by atoms with Crippen molar-refractivity contribution in [1.82, 2.24) is 14.6 Å². The number of hydrogen-bond donors (Lipinski definition) is 0. The van der Waals surface area contributed by atoms with E-state index in [1.165, 1.54) is 0 Å². The molecule has 0 spiro atoms. The molecule has 5 nitrogen and oxygen atoms in total. The van der Waals surface area contributed by atoms with Gasteiger partial charge in [0.2, 0.25) is 0 Å². The molecular weight excluding hydrogens is 254 g/mol. The van der Waals surface area contributed by atoms with Gasteiger partial charge >= 0.3 is 0 Å². The van der Waals surface area contributed by atoms with Crippen LogP contribution in [0.5, 0.6) is 11.5 Å². The predicted molar refractivity (Wildman–Crippen MR) is 76.3 cm³/mol. The number of nitrogens with zero attached hydrogens (tertiary/aromatic N) is 3. The Morgan fingerprint density at radius 3 is 2.55 bits per heavy atom. The average molecular weight is 269 g/mol. The van der Waals surface area contributed by atoms with E-state index in [2.05, 4.69) is 10.1 Å². The number of methoxy groups -OCH3 is 2. The van der Waals surface area contributed by atoms with Crippen LogP contribution in [0.15, 0.2) is 36.5 Å². The molecule has 3 rings (SSSR count). The summed E-state index contributed by atoms with van der Waals surface area (Å²) in [5.41, 5.74) is 3.67. The average Bonchev–Trinajstić information content (AvgIpc) is 2.87. The van der Waals surface area contributed by atoms with E-state index in [1.54, 1.807) is 20.4 Å². The fraction of sp³-hybridized carbons (Fsp3) is 0.200. The van der Waals surface area contributed by atoms with Crippen molar-refractivity contribution in [1.29, 1.82) is 0 Å². The van der Waals surface area contributed by atoms with Crippen molar-refractivity contribution >= 4 is 5.65 Å². The lowest BCUT2D eigenvalue weighted by Crippen LogP contribution is -1.97. The van der Waals surface area contributed by atoms with Gasteiger partial charge in [-0.05, 0) is 37.3 Å². The predicted octanol–water partition coefficient (Wildman–Crippen LogP) is 2.72. The Hall–Kier alpha value is -2.56. The molecule has 2 heterocycles. The van der Waals surface area contributed by atoms with Crippen LogP contribution in [0.3, 0.4) is 0 Å². The summed E-state index contributed by atoms with van der Waals surface area (Å²) >= 11 is 0. The third-order valence-corrected chi connectivity index (χ3v) is 3.21. The highest BCUT2D eigenvalue weighted by molar-refractivity contribution is 5.64. The molecule has 0 unspecified atom stereocenters. The first-order valence-electron chi connectivity index (χ1n) is 6.26. The SMILES string of the molecule is COc1ccc(-c2ccc3ncc(C)n3n2)cc1OC. The number of ether oxygens (including phenoxy) is 2. The van der Waals surface area contributed by atoms with Crippen molar-refractivity contribution in [3.63, 3.8) is 0 Å². The molecule has 0 atom stereocenters. The van der Waals surface area contributed by atoms with Gasteiger partial charge in [-0.2, -0.15) is 5.10 Å². The fourth-order valence-corrected chi connectivity index (χ4v) is 2.14. The Kier molecular flexibility index (Phi) is 3.02. The minimum Gasteiger partial charge on any atom is -0.493 e. The van der Waals surface area contributed by atoms with Crippen LogP contribution in [0.1, 0.15) is 5.69 Å². The maximum Gasteiger partial charge on any atom is 0.161 e. The number of aryl methyl sites for hydroxylation is 1. The summed E-state index contributed by atoms with van der Waals surface area (Å²) in [5, 5.41) is 4.59. The van der Waals surface area contributed by atoms with Gasteiger partial charge < -0.3 is 9.47 Å². The molecule has 0 N–H and O–H groups in total. The molecule has 3 aromatic rings. The monoisotopic (exact) mass is 269 g/mol. The topological polar surface area (TPSA) is 48.7 Å². The molecule has 0 radical (unpaired) electrons. The minimum absolute atomic E-state index is 0.689. The molecule has 5 heteroatoms. The summed E-state index contributed by atoms with van der Waals surface area (Å²) < 4.78 is 12.4. The van der Waals surface area contributed by atoms with Gasteiger partial charge in [0.1, 0.15) is 0 Å². The molecule has 0 fully saturated rings. The van der Waals surface area contributed by atoms with Gasteiger partial charge in [0, 0.05) is 5.56 Å². The van der Waals surface area contributed by atoms with Crippen LogP contribution in [0.25, 0.3) is 16.9 Å². The Bertz CT molecular complexity index is 765. The molecule has 0 amide bonds. The highest BCUT2D eigenvalue weighted by atomic mass is 16.5. The lowest BCUT2D eigenvalue weighted by atomic mass is 10.1. The van der Waals surface area contributed by atoms with Gasteiger partial charge in [0.05, 0.1) is 31.8 Å². The van der Waals surface area contributed by atoms with Crippen LogP contribution in [0.4, 0.5) is 0 Å². The Morgan fingerprint density at radius 1 is 1.00 bits per heavy atom. The summed E-state index contributed by atoms with van der Waals surface area (Å²) in [7, 11) is 3.24. The Morgan fingerprint density at radius 2 is 1.80 bits per heavy atom. The summed E-state index contributed by atoms with van der Waals surface area (Å²) in [6, 6.07) is 9.65. The van der Waals surface area contributed by atoms with Crippen LogP contribution in [-0.2, 0) is 0 Å². The third kappa shape index (κ3) is 1.97. The number of benzene rings is 1. The van der Waals surface area contributed by atoms with Crippen molar-refractivity contribution in [2.45, 2.75) is 6.92 Å². The lowest BCUT2D eigenvalue weighted by Gasteiger charge is -2.09. The van der Waals surface area contributed by atoms with E-state index in [0.717, 1.165) is 22.6 Å². The quantitative estimate of drug-likeness (QED) is 0.733. The molecular formula is C15H15N3O2. The molecule has 2 aromatic heterocycles. The highest BCUT2D eigenvalue weighted by Crippen LogP contribution is 2.31. The first-order chi connectivity index (χ1) is 9.72. The zero-order valence-electron chi connectivity index (χ0n) is 11.6. The Balaban J connectivity index is 2.12. The second-order valence-corrected chi connectivity index (χ2v) is 4.46. The van der Waals surface area contributed by atoms with Crippen LogP contribution in [-0.4, -0.2) is 28.8 Å². The van der Waals surface area contributed by atoms with Crippen molar-refractivity contribution in [3.8, 4) is 22.8 Å². The van der Waals surface area contributed by atoms with Crippen molar-refractivity contribution in [2.75, 3.05) is 14.2 Å². The van der Waals surface area contributed by atoms with Crippen LogP contribution < -0.4 is 9.47 Å². The van der Waals surface area contributed by atoms with Gasteiger partial charge in [-0.15, -0.1) is 0 Å². The zero-order chi connectivity index (χ0) is 14.1. The van der Waals surface area contributed by atoms with Gasteiger partial charge in [-0.1, -0.05) is 0 Å². The van der Waals surface area contributed by atoms with E-state index in [0.29, 0.717) is 11.5 Å². The molecule has 0 saturated carbocycles. The van der Waals surface area contributed by atoms with Gasteiger partial charge in [0.25, 0.3) is 0 Å². The molecule has 0 aliphatic rings. The fourth-order valence-electron chi connectivity index (χ4n) is 2.14. The first-order valence-corrected chi connectivity index (χ1v) is 6.26. The summed E-state index contributed by atoms with van der Waals surface area (Å²) in [5.74, 6) is 1.39. The standard InChI is InChI=1S/C15H15N3O2/c1-10-9-16-15-7-5-12(17-18(10)15)11-4-6-13(19-2)14(8-11)20-3/h4-9H,1-3H3. The second kappa shape index (κ2) is 4.85. The van der Waals surface area contributed by atoms with Crippen LogP contribution >= 0.6 is 0 Å². The molecule has 102 valence electrons. The Labute approximate surface area is 116 Å². The van der Waals surface area contributed by atoms with Crippen LogP contribution in [0.2, 0.25) is 0 Å².